The fourth-order valence-electron chi connectivity index (χ4n) is 3.75. The molecule has 0 spiro atoms. The van der Waals surface area contributed by atoms with Gasteiger partial charge in [-0.15, -0.1) is 0 Å². The number of amides is 2. The third-order valence-corrected chi connectivity index (χ3v) is 5.43. The van der Waals surface area contributed by atoms with Gasteiger partial charge in [-0.1, -0.05) is 42.8 Å². The van der Waals surface area contributed by atoms with Gasteiger partial charge in [-0.05, 0) is 83.2 Å². The number of aryl methyl sites for hydroxylation is 3. The number of carbonyl (C=O) groups is 2. The van der Waals surface area contributed by atoms with Crippen LogP contribution in [-0.4, -0.2) is 34.9 Å². The second-order valence-corrected chi connectivity index (χ2v) is 9.67. The van der Waals surface area contributed by atoms with Crippen molar-refractivity contribution in [3.8, 4) is 5.75 Å². The number of benzene rings is 2. The lowest BCUT2D eigenvalue weighted by Gasteiger charge is -2.33. The summed E-state index contributed by atoms with van der Waals surface area (Å²) >= 11 is 0. The lowest BCUT2D eigenvalue weighted by atomic mass is 10.0. The molecule has 0 radical (unpaired) electrons. The average Bonchev–Trinajstić information content (AvgIpc) is 2.67. The minimum absolute atomic E-state index is 0.116. The third kappa shape index (κ3) is 7.11. The predicted octanol–water partition coefficient (Wildman–Crippen LogP) is 5.02. The van der Waals surface area contributed by atoms with Crippen molar-refractivity contribution in [3.63, 3.8) is 0 Å². The molecule has 0 unspecified atom stereocenters. The molecule has 5 heteroatoms. The van der Waals surface area contributed by atoms with E-state index < -0.39 is 6.04 Å². The smallest absolute Gasteiger partial charge is 0.261 e. The standard InChI is InChI=1S/C27H38N2O3/c1-9-23(26(31)28-27(6,7)8)29(16-22-12-10-11-18(2)14-22)25(30)17-32-24-15-19(3)13-20(4)21(24)5/h10-15,23H,9,16-17H2,1-8H3,(H,28,31)/t23-/m1/s1. The molecule has 174 valence electrons. The predicted molar refractivity (Wildman–Crippen MR) is 130 cm³/mol. The fraction of sp³-hybridized carbons (Fsp3) is 0.481. The maximum absolute atomic E-state index is 13.4. The third-order valence-electron chi connectivity index (χ3n) is 5.43. The Bertz CT molecular complexity index is 960. The van der Waals surface area contributed by atoms with Gasteiger partial charge in [-0.3, -0.25) is 9.59 Å². The number of hydrogen-bond acceptors (Lipinski definition) is 3. The van der Waals surface area contributed by atoms with Gasteiger partial charge >= 0.3 is 0 Å². The van der Waals surface area contributed by atoms with E-state index in [1.165, 1.54) is 0 Å². The lowest BCUT2D eigenvalue weighted by molar-refractivity contribution is -0.143. The highest BCUT2D eigenvalue weighted by molar-refractivity contribution is 5.88. The van der Waals surface area contributed by atoms with Crippen LogP contribution in [0.25, 0.3) is 0 Å². The molecule has 0 saturated heterocycles. The summed E-state index contributed by atoms with van der Waals surface area (Å²) in [6, 6.07) is 11.5. The van der Waals surface area contributed by atoms with Crippen LogP contribution in [0.1, 0.15) is 61.9 Å². The Balaban J connectivity index is 2.29. The molecule has 0 fully saturated rings. The second kappa shape index (κ2) is 10.7. The van der Waals surface area contributed by atoms with Crippen LogP contribution in [0.5, 0.6) is 5.75 Å². The summed E-state index contributed by atoms with van der Waals surface area (Å²) in [5.41, 5.74) is 4.96. The molecular formula is C27H38N2O3. The highest BCUT2D eigenvalue weighted by atomic mass is 16.5. The number of rotatable bonds is 8. The van der Waals surface area contributed by atoms with Gasteiger partial charge in [0.1, 0.15) is 11.8 Å². The van der Waals surface area contributed by atoms with Gasteiger partial charge in [0.2, 0.25) is 5.91 Å². The van der Waals surface area contributed by atoms with E-state index in [9.17, 15) is 9.59 Å². The van der Waals surface area contributed by atoms with E-state index in [1.54, 1.807) is 4.90 Å². The normalized spacial score (nSPS) is 12.2. The monoisotopic (exact) mass is 438 g/mol. The van der Waals surface area contributed by atoms with Gasteiger partial charge in [-0.25, -0.2) is 0 Å². The first-order valence-electron chi connectivity index (χ1n) is 11.3. The van der Waals surface area contributed by atoms with Crippen molar-refractivity contribution in [1.29, 1.82) is 0 Å². The van der Waals surface area contributed by atoms with Crippen molar-refractivity contribution in [1.82, 2.24) is 10.2 Å². The van der Waals surface area contributed by atoms with Crippen molar-refractivity contribution in [2.45, 2.75) is 79.9 Å². The highest BCUT2D eigenvalue weighted by Gasteiger charge is 2.31. The maximum atomic E-state index is 13.4. The van der Waals surface area contributed by atoms with Crippen LogP contribution >= 0.6 is 0 Å². The van der Waals surface area contributed by atoms with Crippen molar-refractivity contribution in [2.75, 3.05) is 6.61 Å². The molecule has 0 aliphatic heterocycles. The Hall–Kier alpha value is -2.82. The molecule has 0 bridgehead atoms. The molecule has 1 N–H and O–H groups in total. The van der Waals surface area contributed by atoms with E-state index in [-0.39, 0.29) is 24.0 Å². The van der Waals surface area contributed by atoms with Crippen LogP contribution in [-0.2, 0) is 16.1 Å². The Morgan fingerprint density at radius 2 is 1.72 bits per heavy atom. The van der Waals surface area contributed by atoms with Gasteiger partial charge in [0.25, 0.3) is 5.91 Å². The Morgan fingerprint density at radius 1 is 1.03 bits per heavy atom. The van der Waals surface area contributed by atoms with Crippen molar-refractivity contribution < 1.29 is 14.3 Å². The Morgan fingerprint density at radius 3 is 2.31 bits per heavy atom. The zero-order chi connectivity index (χ0) is 24.1. The summed E-state index contributed by atoms with van der Waals surface area (Å²) in [4.78, 5) is 28.1. The topological polar surface area (TPSA) is 58.6 Å². The van der Waals surface area contributed by atoms with E-state index >= 15 is 0 Å². The van der Waals surface area contributed by atoms with Gasteiger partial charge < -0.3 is 15.0 Å². The molecule has 2 rings (SSSR count). The summed E-state index contributed by atoms with van der Waals surface area (Å²) in [7, 11) is 0. The number of nitrogens with one attached hydrogen (secondary N) is 1. The highest BCUT2D eigenvalue weighted by Crippen LogP contribution is 2.24. The Labute approximate surface area is 193 Å². The summed E-state index contributed by atoms with van der Waals surface area (Å²) in [6.07, 6.45) is 0.516. The lowest BCUT2D eigenvalue weighted by Crippen LogP contribution is -2.54. The van der Waals surface area contributed by atoms with Crippen LogP contribution in [0.3, 0.4) is 0 Å². The second-order valence-electron chi connectivity index (χ2n) is 9.67. The first kappa shape index (κ1) is 25.4. The fourth-order valence-corrected chi connectivity index (χ4v) is 3.75. The number of carbonyl (C=O) groups excluding carboxylic acids is 2. The molecule has 0 saturated carbocycles. The summed E-state index contributed by atoms with van der Waals surface area (Å²) in [6.45, 7) is 16.0. The largest absolute Gasteiger partial charge is 0.483 e. The zero-order valence-electron chi connectivity index (χ0n) is 20.8. The molecule has 1 atom stereocenters. The number of nitrogens with zero attached hydrogens (tertiary/aromatic N) is 1. The van der Waals surface area contributed by atoms with E-state index in [0.29, 0.717) is 18.7 Å². The first-order chi connectivity index (χ1) is 14.9. The maximum Gasteiger partial charge on any atom is 0.261 e. The van der Waals surface area contributed by atoms with E-state index in [4.69, 9.17) is 4.74 Å². The minimum Gasteiger partial charge on any atom is -0.483 e. The van der Waals surface area contributed by atoms with Gasteiger partial charge in [0.15, 0.2) is 6.61 Å². The van der Waals surface area contributed by atoms with Crippen molar-refractivity contribution >= 4 is 11.8 Å². The zero-order valence-corrected chi connectivity index (χ0v) is 20.8. The molecule has 0 aliphatic carbocycles. The molecule has 5 nitrogen and oxygen atoms in total. The van der Waals surface area contributed by atoms with Gasteiger partial charge in [-0.2, -0.15) is 0 Å². The molecule has 2 aromatic carbocycles. The van der Waals surface area contributed by atoms with Crippen LogP contribution in [0.15, 0.2) is 36.4 Å². The van der Waals surface area contributed by atoms with E-state index in [0.717, 1.165) is 27.8 Å². The molecule has 0 aromatic heterocycles. The van der Waals surface area contributed by atoms with Gasteiger partial charge in [0.05, 0.1) is 0 Å². The SMILES string of the molecule is CC[C@H](C(=O)NC(C)(C)C)N(Cc1cccc(C)c1)C(=O)COc1cc(C)cc(C)c1C. The summed E-state index contributed by atoms with van der Waals surface area (Å²) in [5.74, 6) is 0.350. The summed E-state index contributed by atoms with van der Waals surface area (Å²) in [5, 5.41) is 3.03. The molecule has 0 heterocycles. The number of hydrogen-bond donors (Lipinski definition) is 1. The summed E-state index contributed by atoms with van der Waals surface area (Å²) < 4.78 is 5.96. The van der Waals surface area contributed by atoms with E-state index in [2.05, 4.69) is 11.4 Å². The number of ether oxygens (including phenoxy) is 1. The Kier molecular flexibility index (Phi) is 8.48. The van der Waals surface area contributed by atoms with Crippen molar-refractivity contribution in [2.24, 2.45) is 0 Å². The van der Waals surface area contributed by atoms with Crippen LogP contribution in [0.4, 0.5) is 0 Å². The van der Waals surface area contributed by atoms with Crippen LogP contribution in [0, 0.1) is 27.7 Å². The molecule has 2 amide bonds. The average molecular weight is 439 g/mol. The molecular weight excluding hydrogens is 400 g/mol. The van der Waals surface area contributed by atoms with Crippen molar-refractivity contribution in [3.05, 3.63) is 64.2 Å². The first-order valence-corrected chi connectivity index (χ1v) is 11.3. The molecule has 2 aromatic rings. The van der Waals surface area contributed by atoms with Gasteiger partial charge in [0, 0.05) is 12.1 Å². The quantitative estimate of drug-likeness (QED) is 0.629. The van der Waals surface area contributed by atoms with Crippen LogP contribution in [0.2, 0.25) is 0 Å². The molecule has 0 aliphatic rings. The molecule has 32 heavy (non-hydrogen) atoms. The minimum atomic E-state index is -0.578. The van der Waals surface area contributed by atoms with E-state index in [1.807, 2.05) is 85.7 Å². The van der Waals surface area contributed by atoms with Crippen LogP contribution < -0.4 is 10.1 Å².